The van der Waals surface area contributed by atoms with Gasteiger partial charge < -0.3 is 21.4 Å². The van der Waals surface area contributed by atoms with Gasteiger partial charge in [-0.15, -0.1) is 0 Å². The van der Waals surface area contributed by atoms with Crippen LogP contribution in [0.4, 0.5) is 0 Å². The molecule has 0 aliphatic carbocycles. The van der Waals surface area contributed by atoms with E-state index >= 15 is 0 Å². The highest BCUT2D eigenvalue weighted by Crippen LogP contribution is 2.05. The molecule has 1 unspecified atom stereocenters. The van der Waals surface area contributed by atoms with E-state index in [0.29, 0.717) is 13.0 Å². The summed E-state index contributed by atoms with van der Waals surface area (Å²) in [6.45, 7) is 3.37. The highest BCUT2D eigenvalue weighted by Gasteiger charge is 2.21. The number of ether oxygens (including phenoxy) is 2. The second-order valence-electron chi connectivity index (χ2n) is 4.33. The van der Waals surface area contributed by atoms with Crippen molar-refractivity contribution in [3.05, 3.63) is 7.43 Å². The summed E-state index contributed by atoms with van der Waals surface area (Å²) >= 11 is 0. The molecule has 0 bridgehead atoms. The number of hydrogen-bond acceptors (Lipinski definition) is 3. The van der Waals surface area contributed by atoms with Gasteiger partial charge >= 0.3 is 5.97 Å². The number of esters is 1. The van der Waals surface area contributed by atoms with Crippen LogP contribution >= 0.6 is 0 Å². The smallest absolute Gasteiger partial charge is 0.308 e. The third-order valence-corrected chi connectivity index (χ3v) is 1.78. The van der Waals surface area contributed by atoms with Crippen molar-refractivity contribution in [2.75, 3.05) is 41.4 Å². The first kappa shape index (κ1) is 16.8. The van der Waals surface area contributed by atoms with E-state index in [1.165, 1.54) is 7.11 Å². The molecule has 0 aromatic rings. The van der Waals surface area contributed by atoms with Crippen LogP contribution in [0.15, 0.2) is 0 Å². The Morgan fingerprint density at radius 1 is 1.33 bits per heavy atom. The van der Waals surface area contributed by atoms with E-state index in [2.05, 4.69) is 25.9 Å². The molecule has 0 fully saturated rings. The number of carbonyl (C=O) groups is 1. The Kier molecular flexibility index (Phi) is 8.57. The Labute approximate surface area is 93.8 Å². The molecule has 0 rings (SSSR count). The molecule has 0 radical (unpaired) electrons. The van der Waals surface area contributed by atoms with Crippen molar-refractivity contribution >= 4 is 5.97 Å². The monoisotopic (exact) mass is 219 g/mol. The number of rotatable bonds is 6. The summed E-state index contributed by atoms with van der Waals surface area (Å²) in [6.07, 6.45) is 0.285. The lowest BCUT2D eigenvalue weighted by molar-refractivity contribution is -0.873. The summed E-state index contributed by atoms with van der Waals surface area (Å²) < 4.78 is 10.9. The molecule has 92 valence electrons. The minimum atomic E-state index is -0.211. The van der Waals surface area contributed by atoms with Gasteiger partial charge in [0.25, 0.3) is 0 Å². The molecular weight excluding hydrogens is 194 g/mol. The lowest BCUT2D eigenvalue weighted by Crippen LogP contribution is -2.43. The maximum absolute atomic E-state index is 11.1. The quantitative estimate of drug-likeness (QED) is 0.381. The van der Waals surface area contributed by atoms with E-state index in [1.54, 1.807) is 0 Å². The average Bonchev–Trinajstić information content (AvgIpc) is 2.01. The van der Waals surface area contributed by atoms with Gasteiger partial charge in [-0.2, -0.15) is 0 Å². The Morgan fingerprint density at radius 3 is 2.20 bits per heavy atom. The highest BCUT2D eigenvalue weighted by atomic mass is 16.5. The molecular formula is C11H25NO3. The largest absolute Gasteiger partial charge is 0.469 e. The Bertz CT molecular complexity index is 175. The second kappa shape index (κ2) is 7.65. The molecule has 0 heterocycles. The summed E-state index contributed by atoms with van der Waals surface area (Å²) in [6, 6.07) is 0. The molecule has 0 aliphatic heterocycles. The number of likely N-dealkylation sites (N-methyl/N-ethyl adjacent to an activating group) is 1. The average molecular weight is 219 g/mol. The van der Waals surface area contributed by atoms with Gasteiger partial charge in [-0.3, -0.25) is 4.79 Å². The summed E-state index contributed by atoms with van der Waals surface area (Å²) in [7, 11) is 7.62. The fraction of sp³-hybridized carbons (Fsp3) is 0.818. The fourth-order valence-corrected chi connectivity index (χ4v) is 1.29. The molecule has 0 amide bonds. The predicted molar refractivity (Wildman–Crippen MR) is 61.4 cm³/mol. The van der Waals surface area contributed by atoms with Crippen molar-refractivity contribution in [2.24, 2.45) is 0 Å². The van der Waals surface area contributed by atoms with Gasteiger partial charge in [0.15, 0.2) is 0 Å². The van der Waals surface area contributed by atoms with Crippen LogP contribution in [0.2, 0.25) is 0 Å². The molecule has 0 saturated carbocycles. The molecule has 1 atom stereocenters. The maximum Gasteiger partial charge on any atom is 0.308 e. The van der Waals surface area contributed by atoms with Gasteiger partial charge in [0.1, 0.15) is 12.6 Å². The maximum atomic E-state index is 11.1. The predicted octanol–water partition coefficient (Wildman–Crippen LogP) is 1.11. The van der Waals surface area contributed by atoms with Gasteiger partial charge in [-0.25, -0.2) is 0 Å². The van der Waals surface area contributed by atoms with Crippen molar-refractivity contribution in [1.29, 1.82) is 0 Å². The zero-order valence-corrected chi connectivity index (χ0v) is 10.9. The number of carbonyl (C=O) groups excluding carboxylic acids is 1. The van der Waals surface area contributed by atoms with Crippen LogP contribution in [0.1, 0.15) is 13.3 Å². The standard InChI is InChI=1S/C10H22NO3.CH3/c1-6-14-9(7-10(12)13-5)8-11(2,3)4;/h9H,6-8H2,1-5H3;1H3/q+1;-1. The van der Waals surface area contributed by atoms with Crippen LogP contribution in [0.5, 0.6) is 0 Å². The first-order valence-corrected chi connectivity index (χ1v) is 4.88. The number of nitrogens with zero attached hydrogens (tertiary/aromatic N) is 1. The van der Waals surface area contributed by atoms with E-state index in [1.807, 2.05) is 6.92 Å². The first-order chi connectivity index (χ1) is 6.39. The molecule has 0 aliphatic rings. The first-order valence-electron chi connectivity index (χ1n) is 4.88. The molecule has 0 spiro atoms. The summed E-state index contributed by atoms with van der Waals surface area (Å²) in [5.41, 5.74) is 0. The topological polar surface area (TPSA) is 35.5 Å². The van der Waals surface area contributed by atoms with E-state index < -0.39 is 0 Å². The van der Waals surface area contributed by atoms with Crippen molar-refractivity contribution in [3.8, 4) is 0 Å². The van der Waals surface area contributed by atoms with Crippen LogP contribution in [0.25, 0.3) is 0 Å². The minimum absolute atomic E-state index is 0. The van der Waals surface area contributed by atoms with Crippen LogP contribution in [-0.4, -0.2) is 58.0 Å². The zero-order valence-electron chi connectivity index (χ0n) is 10.9. The Balaban J connectivity index is 0. The lowest BCUT2D eigenvalue weighted by atomic mass is 10.2. The van der Waals surface area contributed by atoms with Crippen molar-refractivity contribution in [1.82, 2.24) is 0 Å². The van der Waals surface area contributed by atoms with Crippen LogP contribution in [0, 0.1) is 7.43 Å². The molecule has 0 saturated heterocycles. The van der Waals surface area contributed by atoms with E-state index in [9.17, 15) is 4.79 Å². The highest BCUT2D eigenvalue weighted by molar-refractivity contribution is 5.69. The third-order valence-electron chi connectivity index (χ3n) is 1.78. The van der Waals surface area contributed by atoms with Gasteiger partial charge in [-0.1, -0.05) is 0 Å². The molecule has 0 aromatic heterocycles. The van der Waals surface area contributed by atoms with Crippen molar-refractivity contribution < 1.29 is 18.8 Å². The number of methoxy groups -OCH3 is 1. The normalized spacial score (nSPS) is 12.9. The van der Waals surface area contributed by atoms with Gasteiger partial charge in [0.05, 0.1) is 34.7 Å². The second-order valence-corrected chi connectivity index (χ2v) is 4.33. The molecule has 0 N–H and O–H groups in total. The van der Waals surface area contributed by atoms with E-state index in [-0.39, 0.29) is 19.5 Å². The van der Waals surface area contributed by atoms with Crippen LogP contribution < -0.4 is 0 Å². The summed E-state index contributed by atoms with van der Waals surface area (Å²) in [5, 5.41) is 0. The Morgan fingerprint density at radius 2 is 1.87 bits per heavy atom. The molecule has 4 heteroatoms. The van der Waals surface area contributed by atoms with Gasteiger partial charge in [0.2, 0.25) is 0 Å². The number of hydrogen-bond donors (Lipinski definition) is 0. The number of quaternary nitrogens is 1. The summed E-state index contributed by atoms with van der Waals surface area (Å²) in [5.74, 6) is -0.211. The van der Waals surface area contributed by atoms with E-state index in [4.69, 9.17) is 4.74 Å². The minimum Gasteiger partial charge on any atom is -0.469 e. The third kappa shape index (κ3) is 9.69. The SMILES string of the molecule is CCOC(CC(=O)OC)C[N+](C)(C)C.[CH3-]. The Hall–Kier alpha value is -0.610. The lowest BCUT2D eigenvalue weighted by Gasteiger charge is -2.28. The summed E-state index contributed by atoms with van der Waals surface area (Å²) in [4.78, 5) is 11.1. The zero-order chi connectivity index (χ0) is 11.2. The molecule has 0 aromatic carbocycles. The molecule has 4 nitrogen and oxygen atoms in total. The van der Waals surface area contributed by atoms with Crippen LogP contribution in [0.3, 0.4) is 0 Å². The van der Waals surface area contributed by atoms with Gasteiger partial charge in [0, 0.05) is 6.61 Å². The van der Waals surface area contributed by atoms with E-state index in [0.717, 1.165) is 11.0 Å². The van der Waals surface area contributed by atoms with Crippen molar-refractivity contribution in [3.63, 3.8) is 0 Å². The van der Waals surface area contributed by atoms with Crippen molar-refractivity contribution in [2.45, 2.75) is 19.4 Å². The van der Waals surface area contributed by atoms with Crippen LogP contribution in [-0.2, 0) is 14.3 Å². The fourth-order valence-electron chi connectivity index (χ4n) is 1.29. The molecule has 15 heavy (non-hydrogen) atoms. The van der Waals surface area contributed by atoms with Gasteiger partial charge in [-0.05, 0) is 6.92 Å².